The van der Waals surface area contributed by atoms with Gasteiger partial charge in [-0.25, -0.2) is 0 Å². The van der Waals surface area contributed by atoms with Crippen LogP contribution in [0.3, 0.4) is 0 Å². The summed E-state index contributed by atoms with van der Waals surface area (Å²) in [7, 11) is 0. The van der Waals surface area contributed by atoms with Crippen LogP contribution in [-0.2, 0) is 6.42 Å². The average molecular weight is 212 g/mol. The SMILES string of the molecule is [CH2]CCCCCc1cnc2ccccc2c1. The van der Waals surface area contributed by atoms with Gasteiger partial charge in [-0.1, -0.05) is 44.4 Å². The van der Waals surface area contributed by atoms with Crippen LogP contribution in [-0.4, -0.2) is 4.98 Å². The Balaban J connectivity index is 2.02. The predicted molar refractivity (Wildman–Crippen MR) is 69.3 cm³/mol. The molecule has 0 unspecified atom stereocenters. The molecular formula is C15H18N. The highest BCUT2D eigenvalue weighted by atomic mass is 14.6. The first-order valence-electron chi connectivity index (χ1n) is 6.03. The van der Waals surface area contributed by atoms with Crippen LogP contribution in [0.25, 0.3) is 10.9 Å². The van der Waals surface area contributed by atoms with Gasteiger partial charge in [0.25, 0.3) is 0 Å². The summed E-state index contributed by atoms with van der Waals surface area (Å²) in [6, 6.07) is 10.5. The molecule has 1 nitrogen and oxygen atoms in total. The Hall–Kier alpha value is -1.37. The van der Waals surface area contributed by atoms with Crippen molar-refractivity contribution in [1.82, 2.24) is 4.98 Å². The van der Waals surface area contributed by atoms with Crippen LogP contribution in [0.4, 0.5) is 0 Å². The number of hydrogen-bond acceptors (Lipinski definition) is 1. The predicted octanol–water partition coefficient (Wildman–Crippen LogP) is 4.17. The van der Waals surface area contributed by atoms with Crippen LogP contribution in [0.2, 0.25) is 0 Å². The zero-order valence-corrected chi connectivity index (χ0v) is 9.65. The maximum Gasteiger partial charge on any atom is 0.0702 e. The van der Waals surface area contributed by atoms with E-state index in [-0.39, 0.29) is 0 Å². The zero-order chi connectivity index (χ0) is 11.2. The van der Waals surface area contributed by atoms with Crippen molar-refractivity contribution in [1.29, 1.82) is 0 Å². The summed E-state index contributed by atoms with van der Waals surface area (Å²) in [6.07, 6.45) is 7.95. The molecule has 1 aromatic carbocycles. The molecule has 0 aliphatic rings. The number of aryl methyl sites for hydroxylation is 1. The van der Waals surface area contributed by atoms with Crippen molar-refractivity contribution >= 4 is 10.9 Å². The topological polar surface area (TPSA) is 12.9 Å². The normalized spacial score (nSPS) is 10.8. The molecule has 0 saturated heterocycles. The first-order chi connectivity index (χ1) is 7.90. The van der Waals surface area contributed by atoms with E-state index >= 15 is 0 Å². The van der Waals surface area contributed by atoms with Crippen molar-refractivity contribution in [3.8, 4) is 0 Å². The Labute approximate surface area is 97.5 Å². The third-order valence-corrected chi connectivity index (χ3v) is 2.86. The summed E-state index contributed by atoms with van der Waals surface area (Å²) in [4.78, 5) is 4.47. The summed E-state index contributed by atoms with van der Waals surface area (Å²) in [5.41, 5.74) is 2.44. The van der Waals surface area contributed by atoms with Crippen LogP contribution in [0.15, 0.2) is 36.5 Å². The minimum Gasteiger partial charge on any atom is -0.256 e. The van der Waals surface area contributed by atoms with Crippen LogP contribution < -0.4 is 0 Å². The molecule has 1 aromatic heterocycles. The molecule has 0 aliphatic carbocycles. The molecule has 1 heterocycles. The van der Waals surface area contributed by atoms with Crippen LogP contribution >= 0.6 is 0 Å². The molecule has 83 valence electrons. The average Bonchev–Trinajstić information content (AvgIpc) is 2.34. The molecule has 0 bridgehead atoms. The van der Waals surface area contributed by atoms with E-state index in [0.717, 1.165) is 18.4 Å². The Kier molecular flexibility index (Phi) is 3.92. The maximum atomic E-state index is 4.47. The van der Waals surface area contributed by atoms with E-state index in [0.29, 0.717) is 0 Å². The third kappa shape index (κ3) is 2.82. The van der Waals surface area contributed by atoms with E-state index in [1.54, 1.807) is 0 Å². The van der Waals surface area contributed by atoms with Gasteiger partial charge in [-0.05, 0) is 30.5 Å². The first-order valence-corrected chi connectivity index (χ1v) is 6.03. The summed E-state index contributed by atoms with van der Waals surface area (Å²) in [6.45, 7) is 3.86. The van der Waals surface area contributed by atoms with Crippen molar-refractivity contribution in [3.63, 3.8) is 0 Å². The number of nitrogens with zero attached hydrogens (tertiary/aromatic N) is 1. The van der Waals surface area contributed by atoms with E-state index < -0.39 is 0 Å². The van der Waals surface area contributed by atoms with Gasteiger partial charge in [0, 0.05) is 11.6 Å². The smallest absolute Gasteiger partial charge is 0.0702 e. The second-order valence-corrected chi connectivity index (χ2v) is 4.20. The summed E-state index contributed by atoms with van der Waals surface area (Å²) < 4.78 is 0. The number of fused-ring (bicyclic) bond motifs is 1. The monoisotopic (exact) mass is 212 g/mol. The molecular weight excluding hydrogens is 194 g/mol. The zero-order valence-electron chi connectivity index (χ0n) is 9.65. The minimum atomic E-state index is 1.05. The Morgan fingerprint density at radius 1 is 1.06 bits per heavy atom. The number of aromatic nitrogens is 1. The minimum absolute atomic E-state index is 1.05. The van der Waals surface area contributed by atoms with Gasteiger partial charge < -0.3 is 0 Å². The Morgan fingerprint density at radius 3 is 2.81 bits per heavy atom. The van der Waals surface area contributed by atoms with Gasteiger partial charge in [0.15, 0.2) is 0 Å². The fraction of sp³-hybridized carbons (Fsp3) is 0.333. The lowest BCUT2D eigenvalue weighted by Crippen LogP contribution is -1.88. The number of unbranched alkanes of at least 4 members (excludes halogenated alkanes) is 3. The summed E-state index contributed by atoms with van der Waals surface area (Å²) >= 11 is 0. The van der Waals surface area contributed by atoms with Gasteiger partial charge in [0.2, 0.25) is 0 Å². The fourth-order valence-electron chi connectivity index (χ4n) is 1.94. The largest absolute Gasteiger partial charge is 0.256 e. The van der Waals surface area contributed by atoms with E-state index in [4.69, 9.17) is 0 Å². The van der Waals surface area contributed by atoms with Crippen molar-refractivity contribution in [2.45, 2.75) is 32.1 Å². The van der Waals surface area contributed by atoms with Gasteiger partial charge in [-0.3, -0.25) is 4.98 Å². The van der Waals surface area contributed by atoms with Crippen molar-refractivity contribution in [2.75, 3.05) is 0 Å². The number of pyridine rings is 1. The number of rotatable bonds is 5. The van der Waals surface area contributed by atoms with Gasteiger partial charge in [-0.2, -0.15) is 0 Å². The molecule has 0 aliphatic heterocycles. The fourth-order valence-corrected chi connectivity index (χ4v) is 1.94. The van der Waals surface area contributed by atoms with Crippen molar-refractivity contribution in [3.05, 3.63) is 49.0 Å². The molecule has 1 radical (unpaired) electrons. The summed E-state index contributed by atoms with van der Waals surface area (Å²) in [5, 5.41) is 1.25. The van der Waals surface area contributed by atoms with E-state index in [9.17, 15) is 0 Å². The lowest BCUT2D eigenvalue weighted by atomic mass is 10.1. The molecule has 16 heavy (non-hydrogen) atoms. The molecule has 2 rings (SSSR count). The molecule has 2 aromatic rings. The van der Waals surface area contributed by atoms with Crippen molar-refractivity contribution < 1.29 is 0 Å². The Bertz CT molecular complexity index is 448. The second kappa shape index (κ2) is 5.64. The molecule has 0 saturated carbocycles. The van der Waals surface area contributed by atoms with Crippen LogP contribution in [0.5, 0.6) is 0 Å². The quantitative estimate of drug-likeness (QED) is 0.678. The molecule has 0 amide bonds. The number of benzene rings is 1. The van der Waals surface area contributed by atoms with Crippen LogP contribution in [0, 0.1) is 6.92 Å². The van der Waals surface area contributed by atoms with E-state index in [2.05, 4.69) is 36.2 Å². The van der Waals surface area contributed by atoms with Gasteiger partial charge in [0.05, 0.1) is 5.52 Å². The third-order valence-electron chi connectivity index (χ3n) is 2.86. The first kappa shape index (κ1) is 11.1. The Morgan fingerprint density at radius 2 is 1.94 bits per heavy atom. The van der Waals surface area contributed by atoms with E-state index in [1.165, 1.54) is 30.2 Å². The lowest BCUT2D eigenvalue weighted by Gasteiger charge is -2.02. The van der Waals surface area contributed by atoms with Crippen molar-refractivity contribution in [2.24, 2.45) is 0 Å². The molecule has 0 fully saturated rings. The molecule has 0 spiro atoms. The van der Waals surface area contributed by atoms with Crippen LogP contribution in [0.1, 0.15) is 31.2 Å². The van der Waals surface area contributed by atoms with Gasteiger partial charge >= 0.3 is 0 Å². The number of hydrogen-bond donors (Lipinski definition) is 0. The lowest BCUT2D eigenvalue weighted by molar-refractivity contribution is 0.685. The highest BCUT2D eigenvalue weighted by Gasteiger charge is 1.97. The maximum absolute atomic E-state index is 4.47. The van der Waals surface area contributed by atoms with E-state index in [1.807, 2.05) is 12.3 Å². The molecule has 0 atom stereocenters. The summed E-state index contributed by atoms with van der Waals surface area (Å²) in [5.74, 6) is 0. The standard InChI is InChI=1S/C15H18N/c1-2-3-4-5-8-13-11-14-9-6-7-10-15(14)16-12-13/h6-7,9-12H,1-5,8H2. The molecule has 0 N–H and O–H groups in total. The van der Waals surface area contributed by atoms with Gasteiger partial charge in [0.1, 0.15) is 0 Å². The second-order valence-electron chi connectivity index (χ2n) is 4.20. The molecule has 1 heteroatoms. The van der Waals surface area contributed by atoms with Gasteiger partial charge in [-0.15, -0.1) is 0 Å². The number of para-hydroxylation sites is 1. The highest BCUT2D eigenvalue weighted by molar-refractivity contribution is 5.78. The highest BCUT2D eigenvalue weighted by Crippen LogP contribution is 2.14.